The summed E-state index contributed by atoms with van der Waals surface area (Å²) in [6.07, 6.45) is 3.13. The summed E-state index contributed by atoms with van der Waals surface area (Å²) in [7, 11) is 1.53. The molecule has 0 aliphatic heterocycles. The minimum absolute atomic E-state index is 0.157. The standard InChI is InChI=1S/C20H20N4O3/c1-4-24-20(26)19(22-15-12-21-11-10-16(15)27-3)17(13(2)25)18(23-24)14-8-6-5-7-9-14/h5-12,22H,4H2,1-3H3. The van der Waals surface area contributed by atoms with E-state index in [1.807, 2.05) is 37.3 Å². The van der Waals surface area contributed by atoms with E-state index in [-0.39, 0.29) is 22.6 Å². The molecule has 3 rings (SSSR count). The third kappa shape index (κ3) is 3.57. The van der Waals surface area contributed by atoms with Crippen LogP contribution < -0.4 is 15.6 Å². The minimum atomic E-state index is -0.381. The van der Waals surface area contributed by atoms with Crippen molar-refractivity contribution >= 4 is 17.2 Å². The summed E-state index contributed by atoms with van der Waals surface area (Å²) in [4.78, 5) is 29.5. The Hall–Kier alpha value is -3.48. The molecule has 0 saturated heterocycles. The number of ketones is 1. The van der Waals surface area contributed by atoms with Gasteiger partial charge < -0.3 is 10.1 Å². The number of carbonyl (C=O) groups is 1. The summed E-state index contributed by atoms with van der Waals surface area (Å²) < 4.78 is 6.65. The molecule has 0 aliphatic carbocycles. The first kappa shape index (κ1) is 18.3. The third-order valence-corrected chi connectivity index (χ3v) is 4.12. The minimum Gasteiger partial charge on any atom is -0.494 e. The Kier molecular flexibility index (Phi) is 5.30. The van der Waals surface area contributed by atoms with Gasteiger partial charge in [-0.2, -0.15) is 5.10 Å². The lowest BCUT2D eigenvalue weighted by Gasteiger charge is -2.17. The number of methoxy groups -OCH3 is 1. The first-order valence-corrected chi connectivity index (χ1v) is 8.53. The first-order chi connectivity index (χ1) is 13.1. The van der Waals surface area contributed by atoms with E-state index in [2.05, 4.69) is 15.4 Å². The second-order valence-corrected chi connectivity index (χ2v) is 5.84. The zero-order valence-electron chi connectivity index (χ0n) is 15.4. The van der Waals surface area contributed by atoms with E-state index >= 15 is 0 Å². The molecule has 2 aromatic heterocycles. The van der Waals surface area contributed by atoms with E-state index in [1.54, 1.807) is 18.5 Å². The second-order valence-electron chi connectivity index (χ2n) is 5.84. The molecule has 0 bridgehead atoms. The lowest BCUT2D eigenvalue weighted by atomic mass is 10.0. The summed E-state index contributed by atoms with van der Waals surface area (Å²) in [6, 6.07) is 11.0. The van der Waals surface area contributed by atoms with Crippen LogP contribution in [0.25, 0.3) is 11.3 Å². The van der Waals surface area contributed by atoms with Crippen molar-refractivity contribution in [1.82, 2.24) is 14.8 Å². The second kappa shape index (κ2) is 7.82. The number of aromatic nitrogens is 3. The number of aryl methyl sites for hydroxylation is 1. The lowest BCUT2D eigenvalue weighted by molar-refractivity contribution is 0.101. The van der Waals surface area contributed by atoms with E-state index < -0.39 is 0 Å². The number of Topliss-reactive ketones (excluding diaryl/α,β-unsaturated/α-hetero) is 1. The van der Waals surface area contributed by atoms with Crippen LogP contribution in [0, 0.1) is 0 Å². The molecule has 0 unspecified atom stereocenters. The summed E-state index contributed by atoms with van der Waals surface area (Å²) in [6.45, 7) is 3.62. The predicted octanol–water partition coefficient (Wildman–Crippen LogP) is 3.28. The van der Waals surface area contributed by atoms with Crippen LogP contribution in [0.15, 0.2) is 53.6 Å². The molecule has 0 atom stereocenters. The van der Waals surface area contributed by atoms with Crippen LogP contribution in [-0.4, -0.2) is 27.7 Å². The number of hydrogen-bond acceptors (Lipinski definition) is 6. The van der Waals surface area contributed by atoms with Gasteiger partial charge in [-0.25, -0.2) is 4.68 Å². The molecule has 0 aliphatic rings. The summed E-state index contributed by atoms with van der Waals surface area (Å²) in [5.74, 6) is 0.257. The Labute approximate surface area is 156 Å². The molecule has 0 saturated carbocycles. The predicted molar refractivity (Wildman–Crippen MR) is 104 cm³/mol. The van der Waals surface area contributed by atoms with Crippen molar-refractivity contribution in [3.8, 4) is 17.0 Å². The molecular formula is C20H20N4O3. The highest BCUT2D eigenvalue weighted by atomic mass is 16.5. The number of benzene rings is 1. The third-order valence-electron chi connectivity index (χ3n) is 4.12. The van der Waals surface area contributed by atoms with Crippen molar-refractivity contribution in [3.63, 3.8) is 0 Å². The molecule has 2 heterocycles. The number of nitrogens with zero attached hydrogens (tertiary/aromatic N) is 3. The maximum absolute atomic E-state index is 12.9. The maximum Gasteiger partial charge on any atom is 0.291 e. The van der Waals surface area contributed by atoms with Crippen LogP contribution in [-0.2, 0) is 6.54 Å². The van der Waals surface area contributed by atoms with Crippen LogP contribution in [0.5, 0.6) is 5.75 Å². The van der Waals surface area contributed by atoms with Crippen molar-refractivity contribution in [2.75, 3.05) is 12.4 Å². The summed E-state index contributed by atoms with van der Waals surface area (Å²) >= 11 is 0. The Bertz CT molecular complexity index is 1030. The number of ether oxygens (including phenoxy) is 1. The number of pyridine rings is 1. The molecule has 0 fully saturated rings. The molecular weight excluding hydrogens is 344 g/mol. The van der Waals surface area contributed by atoms with Crippen molar-refractivity contribution in [1.29, 1.82) is 0 Å². The van der Waals surface area contributed by atoms with Gasteiger partial charge in [0.15, 0.2) is 5.78 Å². The van der Waals surface area contributed by atoms with Crippen LogP contribution >= 0.6 is 0 Å². The lowest BCUT2D eigenvalue weighted by Crippen LogP contribution is -2.28. The average molecular weight is 364 g/mol. The van der Waals surface area contributed by atoms with Crippen molar-refractivity contribution < 1.29 is 9.53 Å². The van der Waals surface area contributed by atoms with E-state index in [1.165, 1.54) is 18.7 Å². The maximum atomic E-state index is 12.9. The van der Waals surface area contributed by atoms with Crippen LogP contribution in [0.4, 0.5) is 11.4 Å². The van der Waals surface area contributed by atoms with E-state index in [0.29, 0.717) is 23.7 Å². The number of nitrogens with one attached hydrogen (secondary N) is 1. The fourth-order valence-corrected chi connectivity index (χ4v) is 2.83. The molecule has 1 aromatic carbocycles. The summed E-state index contributed by atoms with van der Waals surface area (Å²) in [5.41, 5.74) is 1.72. The molecule has 27 heavy (non-hydrogen) atoms. The van der Waals surface area contributed by atoms with Crippen molar-refractivity contribution in [2.45, 2.75) is 20.4 Å². The van der Waals surface area contributed by atoms with Gasteiger partial charge in [-0.15, -0.1) is 0 Å². The average Bonchev–Trinajstić information content (AvgIpc) is 2.70. The Balaban J connectivity index is 2.29. The highest BCUT2D eigenvalue weighted by molar-refractivity contribution is 6.05. The molecule has 7 nitrogen and oxygen atoms in total. The number of rotatable bonds is 6. The van der Waals surface area contributed by atoms with E-state index in [0.717, 1.165) is 5.56 Å². The van der Waals surface area contributed by atoms with Crippen LogP contribution in [0.3, 0.4) is 0 Å². The molecule has 138 valence electrons. The Morgan fingerprint density at radius 2 is 1.96 bits per heavy atom. The van der Waals surface area contributed by atoms with Gasteiger partial charge in [-0.05, 0) is 13.8 Å². The SMILES string of the molecule is CCn1nc(-c2ccccc2)c(C(C)=O)c(Nc2cnccc2OC)c1=O. The molecule has 3 aromatic rings. The first-order valence-electron chi connectivity index (χ1n) is 8.53. The van der Waals surface area contributed by atoms with Crippen LogP contribution in [0.2, 0.25) is 0 Å². The number of hydrogen-bond donors (Lipinski definition) is 1. The van der Waals surface area contributed by atoms with Gasteiger partial charge in [0.05, 0.1) is 24.6 Å². The zero-order valence-corrected chi connectivity index (χ0v) is 15.4. The topological polar surface area (TPSA) is 86.1 Å². The Morgan fingerprint density at radius 3 is 2.59 bits per heavy atom. The Morgan fingerprint density at radius 1 is 1.22 bits per heavy atom. The van der Waals surface area contributed by atoms with Crippen molar-refractivity contribution in [3.05, 3.63) is 64.7 Å². The molecule has 7 heteroatoms. The number of anilines is 2. The smallest absolute Gasteiger partial charge is 0.291 e. The fourth-order valence-electron chi connectivity index (χ4n) is 2.83. The molecule has 0 radical (unpaired) electrons. The van der Waals surface area contributed by atoms with Gasteiger partial charge in [-0.1, -0.05) is 30.3 Å². The monoisotopic (exact) mass is 364 g/mol. The van der Waals surface area contributed by atoms with Crippen molar-refractivity contribution in [2.24, 2.45) is 0 Å². The molecule has 0 amide bonds. The van der Waals surface area contributed by atoms with E-state index in [4.69, 9.17) is 4.74 Å². The van der Waals surface area contributed by atoms with Gasteiger partial charge in [0.25, 0.3) is 5.56 Å². The van der Waals surface area contributed by atoms with E-state index in [9.17, 15) is 9.59 Å². The molecule has 0 spiro atoms. The zero-order chi connectivity index (χ0) is 19.4. The van der Waals surface area contributed by atoms with Gasteiger partial charge in [-0.3, -0.25) is 14.6 Å². The highest BCUT2D eigenvalue weighted by Crippen LogP contribution is 2.30. The van der Waals surface area contributed by atoms with Gasteiger partial charge >= 0.3 is 0 Å². The van der Waals surface area contributed by atoms with Gasteiger partial charge in [0, 0.05) is 24.4 Å². The van der Waals surface area contributed by atoms with Gasteiger partial charge in [0.1, 0.15) is 17.1 Å². The highest BCUT2D eigenvalue weighted by Gasteiger charge is 2.22. The molecule has 1 N–H and O–H groups in total. The largest absolute Gasteiger partial charge is 0.494 e. The normalized spacial score (nSPS) is 10.5. The summed E-state index contributed by atoms with van der Waals surface area (Å²) in [5, 5.41) is 7.47. The quantitative estimate of drug-likeness (QED) is 0.676. The van der Waals surface area contributed by atoms with Gasteiger partial charge in [0.2, 0.25) is 0 Å². The fraction of sp³-hybridized carbons (Fsp3) is 0.200. The number of carbonyl (C=O) groups excluding carboxylic acids is 1. The van der Waals surface area contributed by atoms with Crippen LogP contribution in [0.1, 0.15) is 24.2 Å².